The number of anilines is 2. The second-order valence-corrected chi connectivity index (χ2v) is 5.54. The number of amides is 2. The first-order valence-electron chi connectivity index (χ1n) is 6.59. The average Bonchev–Trinajstić information content (AvgIpc) is 2.79. The van der Waals surface area contributed by atoms with Gasteiger partial charge in [-0.1, -0.05) is 11.6 Å². The number of nitrogens with two attached hydrogens (primary N) is 1. The molecule has 2 amide bonds. The minimum Gasteiger partial charge on any atom is -0.328 e. The number of halogens is 2. The van der Waals surface area contributed by atoms with Crippen LogP contribution in [0.2, 0.25) is 5.02 Å². The van der Waals surface area contributed by atoms with E-state index >= 15 is 0 Å². The predicted octanol–water partition coefficient (Wildman–Crippen LogP) is 2.79. The molecule has 1 aromatic carbocycles. The molecular formula is C14H19Cl2N3O2. The highest BCUT2D eigenvalue weighted by atomic mass is 35.5. The highest BCUT2D eigenvalue weighted by Crippen LogP contribution is 2.29. The van der Waals surface area contributed by atoms with E-state index in [4.69, 9.17) is 17.3 Å². The van der Waals surface area contributed by atoms with Crippen LogP contribution in [0.1, 0.15) is 26.2 Å². The van der Waals surface area contributed by atoms with Crippen molar-refractivity contribution in [3.63, 3.8) is 0 Å². The van der Waals surface area contributed by atoms with Crippen molar-refractivity contribution in [2.75, 3.05) is 10.6 Å². The molecule has 4 N–H and O–H groups in total. The summed E-state index contributed by atoms with van der Waals surface area (Å²) in [7, 11) is 0. The van der Waals surface area contributed by atoms with Gasteiger partial charge < -0.3 is 16.4 Å². The van der Waals surface area contributed by atoms with Crippen LogP contribution in [0.25, 0.3) is 0 Å². The molecular weight excluding hydrogens is 313 g/mol. The Morgan fingerprint density at radius 2 is 2.00 bits per heavy atom. The number of hydrogen-bond acceptors (Lipinski definition) is 3. The van der Waals surface area contributed by atoms with Crippen molar-refractivity contribution in [1.82, 2.24) is 0 Å². The minimum atomic E-state index is -0.175. The second kappa shape index (κ2) is 7.64. The van der Waals surface area contributed by atoms with Gasteiger partial charge in [-0.05, 0) is 37.5 Å². The fourth-order valence-corrected chi connectivity index (χ4v) is 2.56. The quantitative estimate of drug-likeness (QED) is 0.796. The van der Waals surface area contributed by atoms with E-state index < -0.39 is 0 Å². The number of carbonyl (C=O) groups is 2. The molecule has 1 fully saturated rings. The Labute approximate surface area is 135 Å². The van der Waals surface area contributed by atoms with Crippen molar-refractivity contribution in [2.24, 2.45) is 11.7 Å². The molecule has 0 saturated heterocycles. The summed E-state index contributed by atoms with van der Waals surface area (Å²) < 4.78 is 0. The van der Waals surface area contributed by atoms with E-state index in [-0.39, 0.29) is 36.2 Å². The van der Waals surface area contributed by atoms with Gasteiger partial charge in [-0.3, -0.25) is 9.59 Å². The van der Waals surface area contributed by atoms with Crippen molar-refractivity contribution >= 4 is 47.2 Å². The first kappa shape index (κ1) is 17.8. The normalized spacial score (nSPS) is 20.5. The maximum atomic E-state index is 12.1. The van der Waals surface area contributed by atoms with Gasteiger partial charge in [0.25, 0.3) is 0 Å². The maximum Gasteiger partial charge on any atom is 0.227 e. The van der Waals surface area contributed by atoms with Crippen molar-refractivity contribution in [3.8, 4) is 0 Å². The molecule has 0 radical (unpaired) electrons. The molecule has 2 atom stereocenters. The average molecular weight is 332 g/mol. The van der Waals surface area contributed by atoms with Gasteiger partial charge in [-0.25, -0.2) is 0 Å². The predicted molar refractivity (Wildman–Crippen MR) is 86.9 cm³/mol. The molecule has 0 aliphatic heterocycles. The zero-order valence-electron chi connectivity index (χ0n) is 11.7. The molecule has 0 heterocycles. The van der Waals surface area contributed by atoms with Crippen LogP contribution in [0, 0.1) is 5.92 Å². The molecule has 5 nitrogen and oxygen atoms in total. The van der Waals surface area contributed by atoms with Gasteiger partial charge in [0.05, 0.1) is 10.7 Å². The lowest BCUT2D eigenvalue weighted by atomic mass is 10.1. The van der Waals surface area contributed by atoms with Gasteiger partial charge in [0.1, 0.15) is 0 Å². The molecule has 21 heavy (non-hydrogen) atoms. The number of benzene rings is 1. The van der Waals surface area contributed by atoms with Crippen molar-refractivity contribution < 1.29 is 9.59 Å². The van der Waals surface area contributed by atoms with Crippen LogP contribution in [0.4, 0.5) is 11.4 Å². The third-order valence-electron chi connectivity index (χ3n) is 3.39. The Morgan fingerprint density at radius 3 is 2.57 bits per heavy atom. The summed E-state index contributed by atoms with van der Waals surface area (Å²) in [6.45, 7) is 1.42. The van der Waals surface area contributed by atoms with E-state index in [1.54, 1.807) is 18.2 Å². The lowest BCUT2D eigenvalue weighted by Crippen LogP contribution is -2.23. The first-order chi connectivity index (χ1) is 9.45. The maximum absolute atomic E-state index is 12.1. The summed E-state index contributed by atoms with van der Waals surface area (Å²) >= 11 is 6.06. The molecule has 1 aliphatic rings. The summed E-state index contributed by atoms with van der Waals surface area (Å²) in [5.41, 5.74) is 6.91. The van der Waals surface area contributed by atoms with E-state index in [2.05, 4.69) is 10.6 Å². The molecule has 1 aromatic rings. The third-order valence-corrected chi connectivity index (χ3v) is 3.72. The fourth-order valence-electron chi connectivity index (χ4n) is 2.39. The molecule has 0 aromatic heterocycles. The Hall–Kier alpha value is -1.30. The van der Waals surface area contributed by atoms with Crippen LogP contribution in [-0.4, -0.2) is 17.9 Å². The summed E-state index contributed by atoms with van der Waals surface area (Å²) in [5.74, 6) is -0.309. The molecule has 7 heteroatoms. The minimum absolute atomic E-state index is 0. The molecule has 116 valence electrons. The van der Waals surface area contributed by atoms with Crippen LogP contribution >= 0.6 is 24.0 Å². The van der Waals surface area contributed by atoms with Crippen LogP contribution in [0.15, 0.2) is 18.2 Å². The SMILES string of the molecule is CC(=O)Nc1ccc(Cl)c(NC(=O)C2CCC(N)C2)c1.Cl. The van der Waals surface area contributed by atoms with E-state index in [0.717, 1.165) is 12.8 Å². The van der Waals surface area contributed by atoms with Gasteiger partial charge in [0, 0.05) is 24.6 Å². The number of rotatable bonds is 3. The fraction of sp³-hybridized carbons (Fsp3) is 0.429. The molecule has 0 spiro atoms. The van der Waals surface area contributed by atoms with Crippen molar-refractivity contribution in [1.29, 1.82) is 0 Å². The Kier molecular flexibility index (Phi) is 6.45. The third kappa shape index (κ3) is 4.88. The smallest absolute Gasteiger partial charge is 0.227 e. The standard InChI is InChI=1S/C14H18ClN3O2.ClH/c1-8(19)17-11-4-5-12(15)13(7-11)18-14(20)9-2-3-10(16)6-9;/h4-5,7,9-10H,2-3,6,16H2,1H3,(H,17,19)(H,18,20);1H. The van der Waals surface area contributed by atoms with Crippen molar-refractivity contribution in [2.45, 2.75) is 32.2 Å². The monoisotopic (exact) mass is 331 g/mol. The number of hydrogen-bond donors (Lipinski definition) is 3. The van der Waals surface area contributed by atoms with Crippen LogP contribution < -0.4 is 16.4 Å². The topological polar surface area (TPSA) is 84.2 Å². The summed E-state index contributed by atoms with van der Waals surface area (Å²) in [6.07, 6.45) is 2.38. The molecule has 2 rings (SSSR count). The zero-order chi connectivity index (χ0) is 14.7. The lowest BCUT2D eigenvalue weighted by Gasteiger charge is -2.13. The summed E-state index contributed by atoms with van der Waals surface area (Å²) in [6, 6.07) is 5.08. The van der Waals surface area contributed by atoms with E-state index in [1.807, 2.05) is 0 Å². The number of carbonyl (C=O) groups excluding carboxylic acids is 2. The molecule has 0 bridgehead atoms. The highest BCUT2D eigenvalue weighted by molar-refractivity contribution is 6.33. The van der Waals surface area contributed by atoms with Gasteiger partial charge in [0.2, 0.25) is 11.8 Å². The molecule has 2 unspecified atom stereocenters. The van der Waals surface area contributed by atoms with E-state index in [0.29, 0.717) is 22.8 Å². The molecule has 1 saturated carbocycles. The largest absolute Gasteiger partial charge is 0.328 e. The van der Waals surface area contributed by atoms with E-state index in [9.17, 15) is 9.59 Å². The van der Waals surface area contributed by atoms with Gasteiger partial charge in [-0.15, -0.1) is 12.4 Å². The first-order valence-corrected chi connectivity index (χ1v) is 6.97. The lowest BCUT2D eigenvalue weighted by molar-refractivity contribution is -0.119. The summed E-state index contributed by atoms with van der Waals surface area (Å²) in [4.78, 5) is 23.2. The molecule has 1 aliphatic carbocycles. The van der Waals surface area contributed by atoms with E-state index in [1.165, 1.54) is 6.92 Å². The van der Waals surface area contributed by atoms with Gasteiger partial charge in [-0.2, -0.15) is 0 Å². The van der Waals surface area contributed by atoms with Crippen LogP contribution in [-0.2, 0) is 9.59 Å². The van der Waals surface area contributed by atoms with Crippen LogP contribution in [0.5, 0.6) is 0 Å². The summed E-state index contributed by atoms with van der Waals surface area (Å²) in [5, 5.41) is 5.90. The Balaban J connectivity index is 0.00000220. The zero-order valence-corrected chi connectivity index (χ0v) is 13.3. The van der Waals surface area contributed by atoms with Gasteiger partial charge >= 0.3 is 0 Å². The highest BCUT2D eigenvalue weighted by Gasteiger charge is 2.28. The Morgan fingerprint density at radius 1 is 1.29 bits per heavy atom. The van der Waals surface area contributed by atoms with Gasteiger partial charge in [0.15, 0.2) is 0 Å². The van der Waals surface area contributed by atoms with Crippen molar-refractivity contribution in [3.05, 3.63) is 23.2 Å². The van der Waals surface area contributed by atoms with Crippen LogP contribution in [0.3, 0.4) is 0 Å². The number of nitrogens with one attached hydrogen (secondary N) is 2. The Bertz CT molecular complexity index is 537. The second-order valence-electron chi connectivity index (χ2n) is 5.14.